The zero-order valence-corrected chi connectivity index (χ0v) is 11.7. The molecule has 1 aromatic heterocycles. The standard InChI is InChI=1S/C13H21N3OS/c1-17-7-6-14-8-11-9-15-13(16-10-11)18-12-4-2-3-5-12/h9-10,12,14H,2-8H2,1H3. The molecule has 0 aliphatic heterocycles. The summed E-state index contributed by atoms with van der Waals surface area (Å²) in [6, 6.07) is 0. The van der Waals surface area contributed by atoms with E-state index in [0.29, 0.717) is 0 Å². The summed E-state index contributed by atoms with van der Waals surface area (Å²) in [4.78, 5) is 8.84. The first-order chi connectivity index (χ1) is 8.88. The van der Waals surface area contributed by atoms with Gasteiger partial charge in [0.15, 0.2) is 5.16 Å². The molecule has 0 atom stereocenters. The van der Waals surface area contributed by atoms with Crippen LogP contribution in [0, 0.1) is 0 Å². The lowest BCUT2D eigenvalue weighted by Crippen LogP contribution is -2.18. The first-order valence-corrected chi connectivity index (χ1v) is 7.43. The SMILES string of the molecule is COCCNCc1cnc(SC2CCCC2)nc1. The predicted octanol–water partition coefficient (Wildman–Crippen LogP) is 2.25. The molecular weight excluding hydrogens is 246 g/mol. The number of thioether (sulfide) groups is 1. The van der Waals surface area contributed by atoms with E-state index < -0.39 is 0 Å². The highest BCUT2D eigenvalue weighted by molar-refractivity contribution is 7.99. The van der Waals surface area contributed by atoms with Crippen LogP contribution in [0.15, 0.2) is 17.6 Å². The Labute approximate surface area is 113 Å². The van der Waals surface area contributed by atoms with Gasteiger partial charge < -0.3 is 10.1 Å². The van der Waals surface area contributed by atoms with Crippen LogP contribution < -0.4 is 5.32 Å². The third-order valence-corrected chi connectivity index (χ3v) is 4.29. The largest absolute Gasteiger partial charge is 0.383 e. The number of ether oxygens (including phenoxy) is 1. The van der Waals surface area contributed by atoms with E-state index in [-0.39, 0.29) is 0 Å². The average Bonchev–Trinajstić information content (AvgIpc) is 2.89. The van der Waals surface area contributed by atoms with Crippen LogP contribution in [0.25, 0.3) is 0 Å². The van der Waals surface area contributed by atoms with Crippen LogP contribution >= 0.6 is 11.8 Å². The van der Waals surface area contributed by atoms with Gasteiger partial charge in [0.05, 0.1) is 6.61 Å². The quantitative estimate of drug-likeness (QED) is 0.606. The van der Waals surface area contributed by atoms with Crippen molar-refractivity contribution in [2.24, 2.45) is 0 Å². The number of nitrogens with zero attached hydrogens (tertiary/aromatic N) is 2. The van der Waals surface area contributed by atoms with Crippen molar-refractivity contribution < 1.29 is 4.74 Å². The number of methoxy groups -OCH3 is 1. The molecule has 0 spiro atoms. The van der Waals surface area contributed by atoms with Crippen molar-refractivity contribution in [1.29, 1.82) is 0 Å². The van der Waals surface area contributed by atoms with Crippen molar-refractivity contribution >= 4 is 11.8 Å². The van der Waals surface area contributed by atoms with Crippen LogP contribution in [0.4, 0.5) is 0 Å². The second-order valence-corrected chi connectivity index (χ2v) is 5.84. The number of nitrogens with one attached hydrogen (secondary N) is 1. The van der Waals surface area contributed by atoms with Crippen molar-refractivity contribution in [1.82, 2.24) is 15.3 Å². The Morgan fingerprint density at radius 3 is 2.72 bits per heavy atom. The fourth-order valence-corrected chi connectivity index (χ4v) is 3.15. The minimum Gasteiger partial charge on any atom is -0.383 e. The molecule has 1 aliphatic rings. The van der Waals surface area contributed by atoms with Gasteiger partial charge in [0.25, 0.3) is 0 Å². The maximum absolute atomic E-state index is 4.98. The highest BCUT2D eigenvalue weighted by atomic mass is 32.2. The second-order valence-electron chi connectivity index (χ2n) is 4.57. The summed E-state index contributed by atoms with van der Waals surface area (Å²) in [6.45, 7) is 2.39. The molecule has 2 rings (SSSR count). The number of rotatable bonds is 7. The van der Waals surface area contributed by atoms with Crippen LogP contribution in [0.2, 0.25) is 0 Å². The van der Waals surface area contributed by atoms with Crippen molar-refractivity contribution in [2.75, 3.05) is 20.3 Å². The van der Waals surface area contributed by atoms with Crippen molar-refractivity contribution in [2.45, 2.75) is 42.6 Å². The molecule has 5 heteroatoms. The van der Waals surface area contributed by atoms with Gasteiger partial charge in [-0.3, -0.25) is 0 Å². The van der Waals surface area contributed by atoms with Gasteiger partial charge in [0.2, 0.25) is 0 Å². The topological polar surface area (TPSA) is 47.0 Å². The molecule has 100 valence electrons. The molecule has 0 bridgehead atoms. The first kappa shape index (κ1) is 13.8. The van der Waals surface area contributed by atoms with Crippen molar-refractivity contribution in [3.8, 4) is 0 Å². The molecule has 0 radical (unpaired) electrons. The van der Waals surface area contributed by atoms with Crippen molar-refractivity contribution in [3.05, 3.63) is 18.0 Å². The van der Waals surface area contributed by atoms with Crippen LogP contribution in [0.5, 0.6) is 0 Å². The van der Waals surface area contributed by atoms with Gasteiger partial charge in [-0.1, -0.05) is 24.6 Å². The fourth-order valence-electron chi connectivity index (χ4n) is 2.06. The first-order valence-electron chi connectivity index (χ1n) is 6.55. The van der Waals surface area contributed by atoms with Gasteiger partial charge in [0.1, 0.15) is 0 Å². The van der Waals surface area contributed by atoms with E-state index in [9.17, 15) is 0 Å². The minimum absolute atomic E-state index is 0.732. The Bertz CT molecular complexity index is 339. The van der Waals surface area contributed by atoms with E-state index in [4.69, 9.17) is 4.74 Å². The second kappa shape index (κ2) is 7.71. The Balaban J connectivity index is 1.74. The van der Waals surface area contributed by atoms with Gasteiger partial charge in [-0.05, 0) is 12.8 Å². The van der Waals surface area contributed by atoms with E-state index in [1.54, 1.807) is 7.11 Å². The van der Waals surface area contributed by atoms with E-state index in [0.717, 1.165) is 35.7 Å². The predicted molar refractivity (Wildman–Crippen MR) is 73.7 cm³/mol. The molecule has 0 aromatic carbocycles. The molecule has 1 fully saturated rings. The highest BCUT2D eigenvalue weighted by Crippen LogP contribution is 2.32. The van der Waals surface area contributed by atoms with Gasteiger partial charge in [0, 0.05) is 43.4 Å². The molecule has 1 saturated carbocycles. The van der Waals surface area contributed by atoms with Gasteiger partial charge in [-0.25, -0.2) is 9.97 Å². The molecular formula is C13H21N3OS. The maximum atomic E-state index is 4.98. The number of aromatic nitrogens is 2. The molecule has 0 amide bonds. The zero-order chi connectivity index (χ0) is 12.6. The lowest BCUT2D eigenvalue weighted by Gasteiger charge is -2.07. The summed E-state index contributed by atoms with van der Waals surface area (Å²) in [5, 5.41) is 4.93. The Hall–Kier alpha value is -0.650. The average molecular weight is 267 g/mol. The van der Waals surface area contributed by atoms with Crippen LogP contribution in [0.1, 0.15) is 31.2 Å². The Morgan fingerprint density at radius 2 is 2.06 bits per heavy atom. The van der Waals surface area contributed by atoms with E-state index in [1.807, 2.05) is 24.2 Å². The number of hydrogen-bond donors (Lipinski definition) is 1. The molecule has 4 nitrogen and oxygen atoms in total. The minimum atomic E-state index is 0.732. The zero-order valence-electron chi connectivity index (χ0n) is 10.9. The third-order valence-electron chi connectivity index (χ3n) is 3.07. The van der Waals surface area contributed by atoms with Crippen molar-refractivity contribution in [3.63, 3.8) is 0 Å². The summed E-state index contributed by atoms with van der Waals surface area (Å²) in [7, 11) is 1.71. The lowest BCUT2D eigenvalue weighted by atomic mass is 10.3. The molecule has 1 heterocycles. The summed E-state index contributed by atoms with van der Waals surface area (Å²) >= 11 is 1.83. The molecule has 0 unspecified atom stereocenters. The molecule has 0 saturated heterocycles. The van der Waals surface area contributed by atoms with E-state index in [2.05, 4.69) is 15.3 Å². The maximum Gasteiger partial charge on any atom is 0.187 e. The number of hydrogen-bond acceptors (Lipinski definition) is 5. The third kappa shape index (κ3) is 4.55. The van der Waals surface area contributed by atoms with Crippen LogP contribution in [-0.4, -0.2) is 35.5 Å². The van der Waals surface area contributed by atoms with Gasteiger partial charge in [-0.15, -0.1) is 0 Å². The van der Waals surface area contributed by atoms with Gasteiger partial charge >= 0.3 is 0 Å². The highest BCUT2D eigenvalue weighted by Gasteiger charge is 2.17. The van der Waals surface area contributed by atoms with E-state index >= 15 is 0 Å². The molecule has 18 heavy (non-hydrogen) atoms. The van der Waals surface area contributed by atoms with Crippen LogP contribution in [0.3, 0.4) is 0 Å². The van der Waals surface area contributed by atoms with E-state index in [1.165, 1.54) is 25.7 Å². The summed E-state index contributed by atoms with van der Waals surface area (Å²) in [6.07, 6.45) is 9.19. The van der Waals surface area contributed by atoms with Gasteiger partial charge in [-0.2, -0.15) is 0 Å². The normalized spacial score (nSPS) is 16.3. The summed E-state index contributed by atoms with van der Waals surface area (Å²) in [5.41, 5.74) is 1.13. The fraction of sp³-hybridized carbons (Fsp3) is 0.692. The molecule has 1 N–H and O–H groups in total. The molecule has 1 aliphatic carbocycles. The smallest absolute Gasteiger partial charge is 0.187 e. The monoisotopic (exact) mass is 267 g/mol. The molecule has 1 aromatic rings. The summed E-state index contributed by atoms with van der Waals surface area (Å²) in [5.74, 6) is 0. The summed E-state index contributed by atoms with van der Waals surface area (Å²) < 4.78 is 4.98. The Morgan fingerprint density at radius 1 is 1.33 bits per heavy atom. The lowest BCUT2D eigenvalue weighted by molar-refractivity contribution is 0.199. The Kier molecular flexibility index (Phi) is 5.90. The van der Waals surface area contributed by atoms with Crippen LogP contribution in [-0.2, 0) is 11.3 Å².